The Bertz CT molecular complexity index is 1270. The summed E-state index contributed by atoms with van der Waals surface area (Å²) in [5.74, 6) is -1.02. The van der Waals surface area contributed by atoms with Gasteiger partial charge in [-0.3, -0.25) is 9.69 Å². The van der Waals surface area contributed by atoms with Gasteiger partial charge in [-0.25, -0.2) is 21.2 Å². The average molecular weight is 541 g/mol. The molecule has 0 aliphatic carbocycles. The van der Waals surface area contributed by atoms with E-state index in [1.54, 1.807) is 12.1 Å². The van der Waals surface area contributed by atoms with E-state index in [9.17, 15) is 26.0 Å². The van der Waals surface area contributed by atoms with Gasteiger partial charge in [-0.15, -0.1) is 0 Å². The van der Waals surface area contributed by atoms with Crippen molar-refractivity contribution in [1.29, 1.82) is 0 Å². The molecule has 2 aliphatic rings. The highest BCUT2D eigenvalue weighted by Crippen LogP contribution is 2.20. The van der Waals surface area contributed by atoms with E-state index >= 15 is 0 Å². The Morgan fingerprint density at radius 3 is 2.08 bits per heavy atom. The summed E-state index contributed by atoms with van der Waals surface area (Å²) < 4.78 is 72.6. The summed E-state index contributed by atoms with van der Waals surface area (Å²) in [5.41, 5.74) is 0.755. The summed E-state index contributed by atoms with van der Waals surface area (Å²) in [6.45, 7) is 2.72. The lowest BCUT2D eigenvalue weighted by Gasteiger charge is -2.33. The molecule has 4 rings (SSSR count). The predicted molar refractivity (Wildman–Crippen MR) is 129 cm³/mol. The molecule has 1 amide bonds. The van der Waals surface area contributed by atoms with Crippen molar-refractivity contribution >= 4 is 26.0 Å². The predicted octanol–water partition coefficient (Wildman–Crippen LogP) is 0.469. The molecule has 2 aromatic rings. The Morgan fingerprint density at radius 1 is 0.833 bits per heavy atom. The van der Waals surface area contributed by atoms with Crippen LogP contribution in [0.1, 0.15) is 5.56 Å². The van der Waals surface area contributed by atoms with Gasteiger partial charge in [0.05, 0.1) is 24.7 Å². The number of benzene rings is 2. The average Bonchev–Trinajstić information content (AvgIpc) is 2.89. The lowest BCUT2D eigenvalue weighted by atomic mass is 10.2. The van der Waals surface area contributed by atoms with Crippen LogP contribution in [0.3, 0.4) is 0 Å². The number of amides is 1. The monoisotopic (exact) mass is 540 g/mol. The van der Waals surface area contributed by atoms with E-state index in [-0.39, 0.29) is 41.9 Å². The molecular weight excluding hydrogens is 511 g/mol. The number of nitrogens with zero attached hydrogens (tertiary/aromatic N) is 3. The Balaban J connectivity index is 1.24. The molecule has 2 heterocycles. The van der Waals surface area contributed by atoms with Crippen molar-refractivity contribution in [3.63, 3.8) is 0 Å². The van der Waals surface area contributed by atoms with Crippen molar-refractivity contribution in [3.05, 3.63) is 59.9 Å². The van der Waals surface area contributed by atoms with Gasteiger partial charge in [0.15, 0.2) is 0 Å². The molecule has 0 radical (unpaired) electrons. The van der Waals surface area contributed by atoms with Crippen molar-refractivity contribution in [2.24, 2.45) is 0 Å². The molecule has 0 spiro atoms. The van der Waals surface area contributed by atoms with Crippen LogP contribution in [0, 0.1) is 5.82 Å². The molecule has 1 N–H and O–H groups in total. The number of nitrogens with one attached hydrogen (secondary N) is 1. The van der Waals surface area contributed by atoms with Gasteiger partial charge in [-0.2, -0.15) is 8.61 Å². The minimum absolute atomic E-state index is 0.0943. The number of sulfonamides is 2. The highest BCUT2D eigenvalue weighted by Gasteiger charge is 2.31. The number of hydrogen-bond donors (Lipinski definition) is 1. The SMILES string of the molecule is O=C(CN1CCN(S(=O)(=O)c2ccccc2F)CC1)NCc1ccc(S(=O)(=O)N2CCOCC2)cc1. The van der Waals surface area contributed by atoms with Gasteiger partial charge in [0.2, 0.25) is 26.0 Å². The number of ether oxygens (including phenoxy) is 1. The fraction of sp³-hybridized carbons (Fsp3) is 0.435. The van der Waals surface area contributed by atoms with Crippen molar-refractivity contribution < 1.29 is 30.8 Å². The molecule has 36 heavy (non-hydrogen) atoms. The van der Waals surface area contributed by atoms with Gasteiger partial charge in [-0.1, -0.05) is 24.3 Å². The Morgan fingerprint density at radius 2 is 1.44 bits per heavy atom. The molecule has 0 unspecified atom stereocenters. The first-order valence-corrected chi connectivity index (χ1v) is 14.5. The van der Waals surface area contributed by atoms with Gasteiger partial charge >= 0.3 is 0 Å². The molecule has 0 bridgehead atoms. The number of rotatable bonds is 8. The van der Waals surface area contributed by atoms with Crippen molar-refractivity contribution in [2.45, 2.75) is 16.3 Å². The highest BCUT2D eigenvalue weighted by atomic mass is 32.2. The van der Waals surface area contributed by atoms with E-state index in [0.717, 1.165) is 11.6 Å². The molecule has 10 nitrogen and oxygen atoms in total. The van der Waals surface area contributed by atoms with E-state index < -0.39 is 25.9 Å². The third-order valence-corrected chi connectivity index (χ3v) is 10.0. The molecular formula is C23H29FN4O6S2. The molecule has 0 atom stereocenters. The van der Waals surface area contributed by atoms with Gasteiger partial charge < -0.3 is 10.1 Å². The summed E-state index contributed by atoms with van der Waals surface area (Å²) in [4.78, 5) is 14.1. The van der Waals surface area contributed by atoms with Crippen LogP contribution in [0.4, 0.5) is 4.39 Å². The standard InChI is InChI=1S/C23H29FN4O6S2/c24-21-3-1-2-4-22(21)36(32,33)27-11-9-26(10-12-27)18-23(29)25-17-19-5-7-20(8-6-19)35(30,31)28-13-15-34-16-14-28/h1-8H,9-18H2,(H,25,29). The maximum atomic E-state index is 14.0. The smallest absolute Gasteiger partial charge is 0.246 e. The normalized spacial score (nSPS) is 18.7. The van der Waals surface area contributed by atoms with E-state index in [1.165, 1.54) is 38.9 Å². The topological polar surface area (TPSA) is 116 Å². The van der Waals surface area contributed by atoms with Crippen LogP contribution < -0.4 is 5.32 Å². The molecule has 196 valence electrons. The Labute approximate surface area is 210 Å². The van der Waals surface area contributed by atoms with E-state index in [4.69, 9.17) is 4.74 Å². The number of carbonyl (C=O) groups excluding carboxylic acids is 1. The zero-order valence-corrected chi connectivity index (χ0v) is 21.3. The maximum Gasteiger partial charge on any atom is 0.246 e. The van der Waals surface area contributed by atoms with Crippen LogP contribution in [-0.4, -0.2) is 95.3 Å². The number of morpholine rings is 1. The lowest BCUT2D eigenvalue weighted by Crippen LogP contribution is -2.51. The molecule has 13 heteroatoms. The van der Waals surface area contributed by atoms with Crippen molar-refractivity contribution in [1.82, 2.24) is 18.8 Å². The second-order valence-electron chi connectivity index (χ2n) is 8.55. The summed E-state index contributed by atoms with van der Waals surface area (Å²) in [6, 6.07) is 11.7. The summed E-state index contributed by atoms with van der Waals surface area (Å²) in [6.07, 6.45) is 0. The van der Waals surface area contributed by atoms with E-state index in [0.29, 0.717) is 39.4 Å². The second-order valence-corrected chi connectivity index (χ2v) is 12.4. The fourth-order valence-corrected chi connectivity index (χ4v) is 6.99. The molecule has 2 fully saturated rings. The third kappa shape index (κ3) is 6.10. The first-order valence-electron chi connectivity index (χ1n) is 11.6. The maximum absolute atomic E-state index is 14.0. The lowest BCUT2D eigenvalue weighted by molar-refractivity contribution is -0.122. The van der Waals surface area contributed by atoms with E-state index in [1.807, 2.05) is 4.90 Å². The number of hydrogen-bond acceptors (Lipinski definition) is 7. The number of halogens is 1. The van der Waals surface area contributed by atoms with Gasteiger partial charge in [0, 0.05) is 45.8 Å². The summed E-state index contributed by atoms with van der Waals surface area (Å²) in [7, 11) is -7.51. The number of carbonyl (C=O) groups is 1. The van der Waals surface area contributed by atoms with Crippen LogP contribution in [0.2, 0.25) is 0 Å². The second kappa shape index (κ2) is 11.3. The van der Waals surface area contributed by atoms with Crippen LogP contribution in [0.25, 0.3) is 0 Å². The largest absolute Gasteiger partial charge is 0.379 e. The summed E-state index contributed by atoms with van der Waals surface area (Å²) in [5, 5.41) is 2.80. The summed E-state index contributed by atoms with van der Waals surface area (Å²) >= 11 is 0. The van der Waals surface area contributed by atoms with Crippen molar-refractivity contribution in [3.8, 4) is 0 Å². The first-order chi connectivity index (χ1) is 17.2. The number of piperazine rings is 1. The zero-order valence-electron chi connectivity index (χ0n) is 19.7. The van der Waals surface area contributed by atoms with Gasteiger partial charge in [-0.05, 0) is 29.8 Å². The quantitative estimate of drug-likeness (QED) is 0.518. The molecule has 0 aromatic heterocycles. The fourth-order valence-electron chi connectivity index (χ4n) is 4.10. The molecule has 2 aliphatic heterocycles. The molecule has 2 saturated heterocycles. The van der Waals surface area contributed by atoms with E-state index in [2.05, 4.69) is 5.32 Å². The molecule has 0 saturated carbocycles. The van der Waals surface area contributed by atoms with Crippen LogP contribution >= 0.6 is 0 Å². The van der Waals surface area contributed by atoms with Gasteiger partial charge in [0.25, 0.3) is 0 Å². The van der Waals surface area contributed by atoms with Crippen LogP contribution in [0.15, 0.2) is 58.3 Å². The zero-order chi connectivity index (χ0) is 25.8. The molecule has 2 aromatic carbocycles. The Kier molecular flexibility index (Phi) is 8.37. The first kappa shape index (κ1) is 26.6. The van der Waals surface area contributed by atoms with Crippen LogP contribution in [0.5, 0.6) is 0 Å². The van der Waals surface area contributed by atoms with Crippen LogP contribution in [-0.2, 0) is 36.1 Å². The minimum Gasteiger partial charge on any atom is -0.379 e. The minimum atomic E-state index is -3.93. The third-order valence-electron chi connectivity index (χ3n) is 6.17. The van der Waals surface area contributed by atoms with Crippen molar-refractivity contribution in [2.75, 3.05) is 59.0 Å². The van der Waals surface area contributed by atoms with Gasteiger partial charge in [0.1, 0.15) is 10.7 Å². The Hall–Kier alpha value is -2.42. The highest BCUT2D eigenvalue weighted by molar-refractivity contribution is 7.89.